The third-order valence-corrected chi connectivity index (χ3v) is 3.87. The van der Waals surface area contributed by atoms with Gasteiger partial charge in [-0.3, -0.25) is 4.68 Å². The molecular formula is C12H19N3O. The lowest BCUT2D eigenvalue weighted by molar-refractivity contribution is -0.00693. The third-order valence-electron chi connectivity index (χ3n) is 3.87. The number of nitrogens with one attached hydrogen (secondary N) is 1. The van der Waals surface area contributed by atoms with Gasteiger partial charge in [0.1, 0.15) is 0 Å². The lowest BCUT2D eigenvalue weighted by Gasteiger charge is -2.36. The van der Waals surface area contributed by atoms with Crippen molar-refractivity contribution in [1.82, 2.24) is 15.1 Å². The molecule has 0 spiro atoms. The minimum Gasteiger partial charge on any atom is -0.389 e. The third kappa shape index (κ3) is 1.87. The van der Waals surface area contributed by atoms with Crippen LogP contribution in [0.2, 0.25) is 0 Å². The molecule has 0 aromatic carbocycles. The Hall–Kier alpha value is -0.870. The highest BCUT2D eigenvalue weighted by atomic mass is 16.3. The van der Waals surface area contributed by atoms with Gasteiger partial charge in [-0.15, -0.1) is 0 Å². The molecule has 2 aliphatic rings. The molecule has 2 bridgehead atoms. The molecule has 0 aliphatic carbocycles. The number of hydrogen-bond acceptors (Lipinski definition) is 3. The number of hydrogen-bond donors (Lipinski definition) is 2. The average molecular weight is 221 g/mol. The summed E-state index contributed by atoms with van der Waals surface area (Å²) in [6, 6.07) is 3.04. The lowest BCUT2D eigenvalue weighted by Crippen LogP contribution is -2.49. The standard InChI is InChI=1S/C12H19N3O/c1-15-5-4-11(14-15)8-12(16)6-9-2-3-10(7-12)13-9/h4-5,9-10,13,16H,2-3,6-8H2,1H3. The van der Waals surface area contributed by atoms with Gasteiger partial charge in [0.05, 0.1) is 11.3 Å². The molecule has 1 aromatic rings. The second-order valence-corrected chi connectivity index (χ2v) is 5.43. The fourth-order valence-electron chi connectivity index (χ4n) is 3.26. The van der Waals surface area contributed by atoms with Crippen LogP contribution in [0.25, 0.3) is 0 Å². The largest absolute Gasteiger partial charge is 0.389 e. The van der Waals surface area contributed by atoms with Crippen molar-refractivity contribution in [2.75, 3.05) is 0 Å². The normalized spacial score (nSPS) is 37.9. The van der Waals surface area contributed by atoms with Crippen LogP contribution >= 0.6 is 0 Å². The highest BCUT2D eigenvalue weighted by Gasteiger charge is 2.42. The van der Waals surface area contributed by atoms with E-state index < -0.39 is 5.60 Å². The average Bonchev–Trinajstić information content (AvgIpc) is 2.73. The predicted octanol–water partition coefficient (Wildman–Crippen LogP) is 0.608. The van der Waals surface area contributed by atoms with Gasteiger partial charge in [0.2, 0.25) is 0 Å². The van der Waals surface area contributed by atoms with E-state index in [1.54, 1.807) is 4.68 Å². The number of aryl methyl sites for hydroxylation is 1. The summed E-state index contributed by atoms with van der Waals surface area (Å²) < 4.78 is 1.80. The summed E-state index contributed by atoms with van der Waals surface area (Å²) in [5.41, 5.74) is 0.470. The molecule has 4 heteroatoms. The van der Waals surface area contributed by atoms with Crippen molar-refractivity contribution in [1.29, 1.82) is 0 Å². The first-order valence-electron chi connectivity index (χ1n) is 6.10. The summed E-state index contributed by atoms with van der Waals surface area (Å²) in [6.45, 7) is 0. The van der Waals surface area contributed by atoms with Gasteiger partial charge in [0.15, 0.2) is 0 Å². The highest BCUT2D eigenvalue weighted by molar-refractivity contribution is 5.08. The number of aromatic nitrogens is 2. The van der Waals surface area contributed by atoms with Crippen molar-refractivity contribution in [2.24, 2.45) is 7.05 Å². The Bertz CT molecular complexity index is 375. The van der Waals surface area contributed by atoms with Crippen molar-refractivity contribution < 1.29 is 5.11 Å². The number of aliphatic hydroxyl groups is 1. The van der Waals surface area contributed by atoms with Crippen molar-refractivity contribution in [2.45, 2.75) is 49.8 Å². The van der Waals surface area contributed by atoms with E-state index in [1.807, 2.05) is 19.3 Å². The van der Waals surface area contributed by atoms with Crippen LogP contribution in [0.3, 0.4) is 0 Å². The number of nitrogens with zero attached hydrogens (tertiary/aromatic N) is 2. The van der Waals surface area contributed by atoms with E-state index >= 15 is 0 Å². The molecule has 16 heavy (non-hydrogen) atoms. The van der Waals surface area contributed by atoms with Crippen LogP contribution in [0, 0.1) is 0 Å². The van der Waals surface area contributed by atoms with Gasteiger partial charge in [0, 0.05) is 31.7 Å². The number of piperidine rings is 1. The van der Waals surface area contributed by atoms with E-state index in [1.165, 1.54) is 12.8 Å². The van der Waals surface area contributed by atoms with Gasteiger partial charge in [-0.05, 0) is 31.7 Å². The zero-order valence-electron chi connectivity index (χ0n) is 9.69. The number of rotatable bonds is 2. The van der Waals surface area contributed by atoms with Gasteiger partial charge in [-0.1, -0.05) is 0 Å². The van der Waals surface area contributed by atoms with E-state index in [2.05, 4.69) is 10.4 Å². The van der Waals surface area contributed by atoms with Crippen LogP contribution in [0.15, 0.2) is 12.3 Å². The van der Waals surface area contributed by atoms with Gasteiger partial charge in [-0.25, -0.2) is 0 Å². The molecule has 4 nitrogen and oxygen atoms in total. The monoisotopic (exact) mass is 221 g/mol. The summed E-state index contributed by atoms with van der Waals surface area (Å²) in [6.07, 6.45) is 6.82. The van der Waals surface area contributed by atoms with Crippen LogP contribution < -0.4 is 5.32 Å². The molecule has 88 valence electrons. The summed E-state index contributed by atoms with van der Waals surface area (Å²) >= 11 is 0. The fourth-order valence-corrected chi connectivity index (χ4v) is 3.26. The van der Waals surface area contributed by atoms with Crippen LogP contribution in [0.5, 0.6) is 0 Å². The summed E-state index contributed by atoms with van der Waals surface area (Å²) in [5.74, 6) is 0. The van der Waals surface area contributed by atoms with E-state index in [0.717, 1.165) is 18.5 Å². The zero-order valence-corrected chi connectivity index (χ0v) is 9.69. The Balaban J connectivity index is 1.74. The first-order valence-corrected chi connectivity index (χ1v) is 6.10. The molecular weight excluding hydrogens is 202 g/mol. The van der Waals surface area contributed by atoms with Crippen molar-refractivity contribution >= 4 is 0 Å². The second-order valence-electron chi connectivity index (χ2n) is 5.43. The van der Waals surface area contributed by atoms with E-state index in [4.69, 9.17) is 0 Å². The first kappa shape index (κ1) is 10.3. The molecule has 2 aliphatic heterocycles. The Morgan fingerprint density at radius 1 is 1.50 bits per heavy atom. The molecule has 3 heterocycles. The smallest absolute Gasteiger partial charge is 0.0733 e. The van der Waals surface area contributed by atoms with Crippen LogP contribution in [0.1, 0.15) is 31.4 Å². The Morgan fingerprint density at radius 2 is 2.19 bits per heavy atom. The van der Waals surface area contributed by atoms with E-state index in [-0.39, 0.29) is 0 Å². The minimum atomic E-state index is -0.536. The zero-order chi connectivity index (χ0) is 11.2. The molecule has 2 fully saturated rings. The van der Waals surface area contributed by atoms with Crippen molar-refractivity contribution in [3.63, 3.8) is 0 Å². The van der Waals surface area contributed by atoms with Crippen molar-refractivity contribution in [3.8, 4) is 0 Å². The fraction of sp³-hybridized carbons (Fsp3) is 0.750. The molecule has 0 amide bonds. The highest BCUT2D eigenvalue weighted by Crippen LogP contribution is 2.35. The first-order chi connectivity index (χ1) is 7.63. The quantitative estimate of drug-likeness (QED) is 0.769. The SMILES string of the molecule is Cn1ccc(CC2(O)CC3CCC(C2)N3)n1. The van der Waals surface area contributed by atoms with E-state index in [0.29, 0.717) is 18.5 Å². The molecule has 2 N–H and O–H groups in total. The summed E-state index contributed by atoms with van der Waals surface area (Å²) in [4.78, 5) is 0. The van der Waals surface area contributed by atoms with Gasteiger partial charge in [0.25, 0.3) is 0 Å². The van der Waals surface area contributed by atoms with Gasteiger partial charge >= 0.3 is 0 Å². The van der Waals surface area contributed by atoms with Gasteiger partial charge in [-0.2, -0.15) is 5.10 Å². The topological polar surface area (TPSA) is 50.1 Å². The van der Waals surface area contributed by atoms with E-state index in [9.17, 15) is 5.11 Å². The number of fused-ring (bicyclic) bond motifs is 2. The summed E-state index contributed by atoms with van der Waals surface area (Å²) in [7, 11) is 1.92. The lowest BCUT2D eigenvalue weighted by atomic mass is 9.84. The predicted molar refractivity (Wildman–Crippen MR) is 61.0 cm³/mol. The second kappa shape index (κ2) is 3.57. The maximum absolute atomic E-state index is 10.6. The molecule has 0 saturated carbocycles. The van der Waals surface area contributed by atoms with Crippen molar-refractivity contribution in [3.05, 3.63) is 18.0 Å². The maximum Gasteiger partial charge on any atom is 0.0733 e. The van der Waals surface area contributed by atoms with Crippen LogP contribution in [-0.4, -0.2) is 32.6 Å². The molecule has 2 unspecified atom stereocenters. The Kier molecular flexibility index (Phi) is 2.30. The van der Waals surface area contributed by atoms with Crippen LogP contribution in [0.4, 0.5) is 0 Å². The Labute approximate surface area is 95.7 Å². The molecule has 3 rings (SSSR count). The van der Waals surface area contributed by atoms with Crippen LogP contribution in [-0.2, 0) is 13.5 Å². The molecule has 0 radical (unpaired) electrons. The molecule has 2 saturated heterocycles. The van der Waals surface area contributed by atoms with Gasteiger partial charge < -0.3 is 10.4 Å². The summed E-state index contributed by atoms with van der Waals surface area (Å²) in [5, 5.41) is 18.5. The Morgan fingerprint density at radius 3 is 2.75 bits per heavy atom. The molecule has 2 atom stereocenters. The minimum absolute atomic E-state index is 0.521. The maximum atomic E-state index is 10.6. The molecule has 1 aromatic heterocycles.